The average Bonchev–Trinajstić information content (AvgIpc) is 2.47. The van der Waals surface area contributed by atoms with Crippen molar-refractivity contribution in [3.05, 3.63) is 29.3 Å². The molecular weight excluding hydrogens is 266 g/mol. The topological polar surface area (TPSA) is 38.8 Å². The van der Waals surface area contributed by atoms with Crippen LogP contribution in [0.1, 0.15) is 31.9 Å². The molecule has 1 fully saturated rings. The zero-order valence-corrected chi connectivity index (χ0v) is 13.4. The molecule has 0 bridgehead atoms. The summed E-state index contributed by atoms with van der Waals surface area (Å²) in [6, 6.07) is 6.13. The SMILES string of the molecule is COc1ccc(C(C)(C)C)cc1CC(=O)N1CCOCC1. The maximum Gasteiger partial charge on any atom is 0.227 e. The third-order valence-electron chi connectivity index (χ3n) is 3.85. The van der Waals surface area contributed by atoms with Gasteiger partial charge in [0.05, 0.1) is 26.7 Å². The van der Waals surface area contributed by atoms with Crippen LogP contribution in [0.3, 0.4) is 0 Å². The van der Waals surface area contributed by atoms with Crippen LogP contribution in [0.15, 0.2) is 18.2 Å². The molecule has 116 valence electrons. The van der Waals surface area contributed by atoms with Gasteiger partial charge >= 0.3 is 0 Å². The van der Waals surface area contributed by atoms with Crippen molar-refractivity contribution in [3.8, 4) is 5.75 Å². The van der Waals surface area contributed by atoms with Crippen LogP contribution in [0.4, 0.5) is 0 Å². The second-order valence-corrected chi connectivity index (χ2v) is 6.45. The van der Waals surface area contributed by atoms with E-state index in [0.717, 1.165) is 11.3 Å². The van der Waals surface area contributed by atoms with Crippen LogP contribution in [-0.2, 0) is 21.4 Å². The van der Waals surface area contributed by atoms with Crippen LogP contribution in [0.2, 0.25) is 0 Å². The highest BCUT2D eigenvalue weighted by Gasteiger charge is 2.21. The minimum atomic E-state index is 0.0586. The van der Waals surface area contributed by atoms with Gasteiger partial charge in [-0.1, -0.05) is 32.9 Å². The Kier molecular flexibility index (Phi) is 4.88. The van der Waals surface area contributed by atoms with Crippen molar-refractivity contribution < 1.29 is 14.3 Å². The monoisotopic (exact) mass is 291 g/mol. The highest BCUT2D eigenvalue weighted by molar-refractivity contribution is 5.79. The van der Waals surface area contributed by atoms with Gasteiger partial charge in [-0.05, 0) is 17.0 Å². The van der Waals surface area contributed by atoms with E-state index in [9.17, 15) is 4.79 Å². The summed E-state index contributed by atoms with van der Waals surface area (Å²) < 4.78 is 10.7. The summed E-state index contributed by atoms with van der Waals surface area (Å²) in [4.78, 5) is 14.3. The molecule has 0 aliphatic carbocycles. The first kappa shape index (κ1) is 15.8. The summed E-state index contributed by atoms with van der Waals surface area (Å²) in [7, 11) is 1.65. The van der Waals surface area contributed by atoms with Gasteiger partial charge in [-0.15, -0.1) is 0 Å². The first-order valence-electron chi connectivity index (χ1n) is 7.45. The molecule has 0 unspecified atom stereocenters. The van der Waals surface area contributed by atoms with E-state index in [-0.39, 0.29) is 11.3 Å². The van der Waals surface area contributed by atoms with Gasteiger partial charge in [0, 0.05) is 18.7 Å². The van der Waals surface area contributed by atoms with E-state index >= 15 is 0 Å². The lowest BCUT2D eigenvalue weighted by Gasteiger charge is -2.27. The number of hydrogen-bond acceptors (Lipinski definition) is 3. The van der Waals surface area contributed by atoms with Crippen LogP contribution in [0, 0.1) is 0 Å². The number of carbonyl (C=O) groups is 1. The Hall–Kier alpha value is -1.55. The highest BCUT2D eigenvalue weighted by atomic mass is 16.5. The molecule has 1 aliphatic heterocycles. The maximum absolute atomic E-state index is 12.4. The Morgan fingerprint density at radius 2 is 1.95 bits per heavy atom. The zero-order chi connectivity index (χ0) is 15.5. The molecule has 1 aromatic rings. The van der Waals surface area contributed by atoms with Crippen LogP contribution < -0.4 is 4.74 Å². The Bertz CT molecular complexity index is 499. The van der Waals surface area contributed by atoms with Crippen molar-refractivity contribution in [2.45, 2.75) is 32.6 Å². The van der Waals surface area contributed by atoms with Gasteiger partial charge in [0.25, 0.3) is 0 Å². The van der Waals surface area contributed by atoms with Crippen LogP contribution in [0.25, 0.3) is 0 Å². The van der Waals surface area contributed by atoms with Gasteiger partial charge in [0.1, 0.15) is 5.75 Å². The molecule has 21 heavy (non-hydrogen) atoms. The van der Waals surface area contributed by atoms with E-state index in [0.29, 0.717) is 32.7 Å². The van der Waals surface area contributed by atoms with Gasteiger partial charge in [-0.25, -0.2) is 0 Å². The number of ether oxygens (including phenoxy) is 2. The van der Waals surface area contributed by atoms with Crippen molar-refractivity contribution in [2.24, 2.45) is 0 Å². The number of amides is 1. The summed E-state index contributed by atoms with van der Waals surface area (Å²) in [5, 5.41) is 0. The summed E-state index contributed by atoms with van der Waals surface area (Å²) in [6.07, 6.45) is 0.382. The second kappa shape index (κ2) is 6.48. The lowest BCUT2D eigenvalue weighted by atomic mass is 9.85. The molecule has 4 nitrogen and oxygen atoms in total. The van der Waals surface area contributed by atoms with Crippen molar-refractivity contribution in [2.75, 3.05) is 33.4 Å². The second-order valence-electron chi connectivity index (χ2n) is 6.45. The molecule has 1 amide bonds. The molecule has 0 spiro atoms. The smallest absolute Gasteiger partial charge is 0.227 e. The predicted molar refractivity (Wildman–Crippen MR) is 82.8 cm³/mol. The Balaban J connectivity index is 2.18. The van der Waals surface area contributed by atoms with Crippen LogP contribution >= 0.6 is 0 Å². The van der Waals surface area contributed by atoms with Gasteiger partial charge < -0.3 is 14.4 Å². The normalized spacial score (nSPS) is 15.9. The third-order valence-corrected chi connectivity index (χ3v) is 3.85. The molecule has 0 N–H and O–H groups in total. The first-order valence-corrected chi connectivity index (χ1v) is 7.45. The van der Waals surface area contributed by atoms with Crippen molar-refractivity contribution in [1.82, 2.24) is 4.90 Å². The molecule has 0 saturated carbocycles. The van der Waals surface area contributed by atoms with Crippen LogP contribution in [-0.4, -0.2) is 44.2 Å². The molecule has 1 saturated heterocycles. The fraction of sp³-hybridized carbons (Fsp3) is 0.588. The number of rotatable bonds is 3. The standard InChI is InChI=1S/C17H25NO3/c1-17(2,3)14-5-6-15(20-4)13(11-14)12-16(19)18-7-9-21-10-8-18/h5-6,11H,7-10,12H2,1-4H3. The van der Waals surface area contributed by atoms with Gasteiger partial charge in [0.15, 0.2) is 0 Å². The predicted octanol–water partition coefficient (Wildman–Crippen LogP) is 2.39. The van der Waals surface area contributed by atoms with Crippen molar-refractivity contribution in [1.29, 1.82) is 0 Å². The minimum Gasteiger partial charge on any atom is -0.496 e. The Labute approximate surface area is 127 Å². The van der Waals surface area contributed by atoms with E-state index in [4.69, 9.17) is 9.47 Å². The molecule has 0 aromatic heterocycles. The van der Waals surface area contributed by atoms with E-state index in [2.05, 4.69) is 32.9 Å². The zero-order valence-electron chi connectivity index (χ0n) is 13.4. The van der Waals surface area contributed by atoms with E-state index in [1.54, 1.807) is 7.11 Å². The highest BCUT2D eigenvalue weighted by Crippen LogP contribution is 2.28. The van der Waals surface area contributed by atoms with Gasteiger partial charge in [-0.2, -0.15) is 0 Å². The summed E-state index contributed by atoms with van der Waals surface area (Å²) in [5.41, 5.74) is 2.23. The number of carbonyl (C=O) groups excluding carboxylic acids is 1. The maximum atomic E-state index is 12.4. The average molecular weight is 291 g/mol. The first-order chi connectivity index (χ1) is 9.91. The van der Waals surface area contributed by atoms with Crippen LogP contribution in [0.5, 0.6) is 5.75 Å². The minimum absolute atomic E-state index is 0.0586. The molecular formula is C17H25NO3. The Morgan fingerprint density at radius 1 is 1.29 bits per heavy atom. The largest absolute Gasteiger partial charge is 0.496 e. The molecule has 1 aromatic carbocycles. The molecule has 0 atom stereocenters. The van der Waals surface area contributed by atoms with E-state index < -0.39 is 0 Å². The quantitative estimate of drug-likeness (QED) is 0.858. The number of nitrogens with zero attached hydrogens (tertiary/aromatic N) is 1. The van der Waals surface area contributed by atoms with Crippen molar-refractivity contribution >= 4 is 5.91 Å². The Morgan fingerprint density at radius 3 is 2.52 bits per heavy atom. The molecule has 4 heteroatoms. The van der Waals surface area contributed by atoms with E-state index in [1.165, 1.54) is 5.56 Å². The van der Waals surface area contributed by atoms with E-state index in [1.807, 2.05) is 11.0 Å². The fourth-order valence-electron chi connectivity index (χ4n) is 2.47. The lowest BCUT2D eigenvalue weighted by molar-refractivity contribution is -0.134. The molecule has 2 rings (SSSR count). The number of methoxy groups -OCH3 is 1. The summed E-state index contributed by atoms with van der Waals surface area (Å²) >= 11 is 0. The van der Waals surface area contributed by atoms with Gasteiger partial charge in [0.2, 0.25) is 5.91 Å². The number of morpholine rings is 1. The third kappa shape index (κ3) is 3.97. The summed E-state index contributed by atoms with van der Waals surface area (Å²) in [5.74, 6) is 0.923. The lowest BCUT2D eigenvalue weighted by Crippen LogP contribution is -2.41. The molecule has 1 heterocycles. The molecule has 1 aliphatic rings. The summed E-state index contributed by atoms with van der Waals surface area (Å²) in [6.45, 7) is 9.13. The van der Waals surface area contributed by atoms with Crippen molar-refractivity contribution in [3.63, 3.8) is 0 Å². The number of hydrogen-bond donors (Lipinski definition) is 0. The molecule has 0 radical (unpaired) electrons. The number of benzene rings is 1. The van der Waals surface area contributed by atoms with Gasteiger partial charge in [-0.3, -0.25) is 4.79 Å². The fourth-order valence-corrected chi connectivity index (χ4v) is 2.47.